The van der Waals surface area contributed by atoms with Crippen LogP contribution in [0.4, 0.5) is 5.95 Å². The lowest BCUT2D eigenvalue weighted by atomic mass is 10.3. The molecule has 0 bridgehead atoms. The fraction of sp³-hybridized carbons (Fsp3) is 0.500. The second kappa shape index (κ2) is 4.44. The largest absolute Gasteiger partial charge is 0.368 e. The van der Waals surface area contributed by atoms with Crippen LogP contribution in [-0.2, 0) is 11.3 Å². The summed E-state index contributed by atoms with van der Waals surface area (Å²) in [5.41, 5.74) is 5.37. The zero-order valence-electron chi connectivity index (χ0n) is 9.64. The van der Waals surface area contributed by atoms with Crippen LogP contribution in [0.25, 0.3) is 0 Å². The number of carbonyl (C=O) groups excluding carboxylic acids is 2. The molecule has 2 rings (SSSR count). The summed E-state index contributed by atoms with van der Waals surface area (Å²) in [6, 6.07) is 0. The zero-order chi connectivity index (χ0) is 12.4. The molecule has 92 valence electrons. The number of nitrogens with two attached hydrogens (primary N) is 1. The monoisotopic (exact) mass is 237 g/mol. The first kappa shape index (κ1) is 11.4. The number of anilines is 1. The molecule has 1 aliphatic heterocycles. The van der Waals surface area contributed by atoms with E-state index in [2.05, 4.69) is 10.3 Å². The normalized spacial score (nSPS) is 13.7. The van der Waals surface area contributed by atoms with E-state index < -0.39 is 5.91 Å². The molecule has 0 atom stereocenters. The predicted octanol–water partition coefficient (Wildman–Crippen LogP) is -0.744. The number of rotatable bonds is 3. The van der Waals surface area contributed by atoms with Crippen LogP contribution in [0.15, 0.2) is 6.20 Å². The summed E-state index contributed by atoms with van der Waals surface area (Å²) < 4.78 is 1.90. The van der Waals surface area contributed by atoms with Crippen molar-refractivity contribution >= 4 is 17.8 Å². The van der Waals surface area contributed by atoms with E-state index in [1.807, 2.05) is 4.57 Å². The van der Waals surface area contributed by atoms with Gasteiger partial charge in [0.15, 0.2) is 0 Å². The number of aromatic nitrogens is 2. The average Bonchev–Trinajstić information content (AvgIpc) is 2.70. The summed E-state index contributed by atoms with van der Waals surface area (Å²) in [5.74, 6) is -0.137. The molecule has 0 radical (unpaired) electrons. The maximum absolute atomic E-state index is 11.9. The number of primary amides is 1. The van der Waals surface area contributed by atoms with Crippen molar-refractivity contribution in [2.24, 2.45) is 5.73 Å². The van der Waals surface area contributed by atoms with Crippen LogP contribution in [0.5, 0.6) is 0 Å². The summed E-state index contributed by atoms with van der Waals surface area (Å²) >= 11 is 0. The van der Waals surface area contributed by atoms with Crippen LogP contribution in [0.2, 0.25) is 0 Å². The van der Waals surface area contributed by atoms with Gasteiger partial charge in [0.2, 0.25) is 11.9 Å². The lowest BCUT2D eigenvalue weighted by Gasteiger charge is -2.14. The summed E-state index contributed by atoms with van der Waals surface area (Å²) in [6.45, 7) is 1.61. The molecule has 0 aliphatic carbocycles. The Labute approximate surface area is 98.6 Å². The molecule has 0 aromatic carbocycles. The van der Waals surface area contributed by atoms with Gasteiger partial charge in [0.05, 0.1) is 6.54 Å². The van der Waals surface area contributed by atoms with Gasteiger partial charge in [0.1, 0.15) is 5.69 Å². The van der Waals surface area contributed by atoms with Crippen LogP contribution in [0, 0.1) is 0 Å². The van der Waals surface area contributed by atoms with Crippen molar-refractivity contribution < 1.29 is 9.59 Å². The van der Waals surface area contributed by atoms with Crippen molar-refractivity contribution in [3.05, 3.63) is 11.9 Å². The lowest BCUT2D eigenvalue weighted by molar-refractivity contribution is -0.118. The fourth-order valence-electron chi connectivity index (χ4n) is 1.78. The molecular weight excluding hydrogens is 222 g/mol. The molecular formula is C10H15N5O2. The van der Waals surface area contributed by atoms with Gasteiger partial charge in [0.25, 0.3) is 5.91 Å². The predicted molar refractivity (Wildman–Crippen MR) is 61.5 cm³/mol. The molecule has 7 heteroatoms. The molecule has 0 spiro atoms. The highest BCUT2D eigenvalue weighted by molar-refractivity contribution is 5.94. The first-order valence-corrected chi connectivity index (χ1v) is 5.43. The third-order valence-corrected chi connectivity index (χ3v) is 2.59. The van der Waals surface area contributed by atoms with Gasteiger partial charge in [-0.15, -0.1) is 0 Å². The van der Waals surface area contributed by atoms with Crippen LogP contribution < -0.4 is 11.1 Å². The van der Waals surface area contributed by atoms with E-state index in [-0.39, 0.29) is 12.5 Å². The molecule has 0 saturated carbocycles. The van der Waals surface area contributed by atoms with Gasteiger partial charge >= 0.3 is 0 Å². The van der Waals surface area contributed by atoms with E-state index in [1.54, 1.807) is 6.20 Å². The Morgan fingerprint density at radius 2 is 2.41 bits per heavy atom. The summed E-state index contributed by atoms with van der Waals surface area (Å²) in [6.07, 6.45) is 2.70. The molecule has 0 fully saturated rings. The molecule has 1 aromatic heterocycles. The van der Waals surface area contributed by atoms with Crippen molar-refractivity contribution in [2.45, 2.75) is 13.0 Å². The van der Waals surface area contributed by atoms with Crippen LogP contribution >= 0.6 is 0 Å². The van der Waals surface area contributed by atoms with Gasteiger partial charge in [-0.2, -0.15) is 0 Å². The third-order valence-electron chi connectivity index (χ3n) is 2.59. The van der Waals surface area contributed by atoms with E-state index in [9.17, 15) is 9.59 Å². The van der Waals surface area contributed by atoms with Crippen LogP contribution in [0.1, 0.15) is 16.9 Å². The highest BCUT2D eigenvalue weighted by atomic mass is 16.2. The molecule has 0 saturated heterocycles. The van der Waals surface area contributed by atoms with Crippen LogP contribution in [0.3, 0.4) is 0 Å². The number of hydrogen-bond donors (Lipinski definition) is 2. The Morgan fingerprint density at radius 1 is 1.65 bits per heavy atom. The van der Waals surface area contributed by atoms with Gasteiger partial charge in [-0.3, -0.25) is 9.59 Å². The Hall–Kier alpha value is -2.05. The maximum atomic E-state index is 11.9. The quantitative estimate of drug-likeness (QED) is 0.723. The van der Waals surface area contributed by atoms with Crippen molar-refractivity contribution in [1.29, 1.82) is 0 Å². The maximum Gasteiger partial charge on any atom is 0.274 e. The second-order valence-electron chi connectivity index (χ2n) is 4.05. The molecule has 17 heavy (non-hydrogen) atoms. The second-order valence-corrected chi connectivity index (χ2v) is 4.05. The SMILES string of the molecule is CN(CC(N)=O)C(=O)c1cn2c(n1)NCCC2. The van der Waals surface area contributed by atoms with Gasteiger partial charge in [-0.05, 0) is 6.42 Å². The van der Waals surface area contributed by atoms with Crippen molar-refractivity contribution in [3.63, 3.8) is 0 Å². The summed E-state index contributed by atoms with van der Waals surface area (Å²) in [5, 5.41) is 3.11. The number of fused-ring (bicyclic) bond motifs is 1. The average molecular weight is 237 g/mol. The molecule has 1 aromatic rings. The van der Waals surface area contributed by atoms with E-state index in [1.165, 1.54) is 11.9 Å². The molecule has 2 heterocycles. The molecule has 7 nitrogen and oxygen atoms in total. The Bertz CT molecular complexity index is 430. The molecule has 0 unspecified atom stereocenters. The lowest BCUT2D eigenvalue weighted by Crippen LogP contribution is -2.35. The Kier molecular flexibility index (Phi) is 2.99. The Morgan fingerprint density at radius 3 is 3.06 bits per heavy atom. The van der Waals surface area contributed by atoms with Gasteiger partial charge in [-0.1, -0.05) is 0 Å². The van der Waals surface area contributed by atoms with Crippen molar-refractivity contribution in [3.8, 4) is 0 Å². The first-order valence-electron chi connectivity index (χ1n) is 5.43. The topological polar surface area (TPSA) is 93.2 Å². The van der Waals surface area contributed by atoms with Gasteiger partial charge in [-0.25, -0.2) is 4.98 Å². The number of nitrogens with zero attached hydrogens (tertiary/aromatic N) is 3. The molecule has 1 aliphatic rings. The summed E-state index contributed by atoms with van der Waals surface area (Å²) in [4.78, 5) is 28.1. The van der Waals surface area contributed by atoms with E-state index >= 15 is 0 Å². The highest BCUT2D eigenvalue weighted by Crippen LogP contribution is 2.14. The minimum Gasteiger partial charge on any atom is -0.368 e. The van der Waals surface area contributed by atoms with E-state index in [4.69, 9.17) is 5.73 Å². The molecule has 3 N–H and O–H groups in total. The number of likely N-dealkylation sites (N-methyl/N-ethyl adjacent to an activating group) is 1. The zero-order valence-corrected chi connectivity index (χ0v) is 9.64. The smallest absolute Gasteiger partial charge is 0.274 e. The third kappa shape index (κ3) is 2.38. The van der Waals surface area contributed by atoms with Gasteiger partial charge in [0, 0.05) is 26.3 Å². The summed E-state index contributed by atoms with van der Waals surface area (Å²) in [7, 11) is 1.53. The van der Waals surface area contributed by atoms with Gasteiger partial charge < -0.3 is 20.5 Å². The Balaban J connectivity index is 2.14. The van der Waals surface area contributed by atoms with Crippen molar-refractivity contribution in [2.75, 3.05) is 25.5 Å². The van der Waals surface area contributed by atoms with E-state index in [0.29, 0.717) is 11.6 Å². The number of amides is 2. The minimum absolute atomic E-state index is 0.103. The number of hydrogen-bond acceptors (Lipinski definition) is 4. The number of nitrogens with one attached hydrogen (secondary N) is 1. The number of carbonyl (C=O) groups is 2. The molecule has 2 amide bonds. The number of imidazole rings is 1. The highest BCUT2D eigenvalue weighted by Gasteiger charge is 2.20. The fourth-order valence-corrected chi connectivity index (χ4v) is 1.78. The van der Waals surface area contributed by atoms with Crippen LogP contribution in [-0.4, -0.2) is 46.4 Å². The minimum atomic E-state index is -0.539. The van der Waals surface area contributed by atoms with E-state index in [0.717, 1.165) is 19.5 Å². The van der Waals surface area contributed by atoms with Crippen molar-refractivity contribution in [1.82, 2.24) is 14.5 Å². The first-order chi connectivity index (χ1) is 8.08. The number of aryl methyl sites for hydroxylation is 1. The standard InChI is InChI=1S/C10H15N5O2/c1-14(6-8(11)16)9(17)7-5-15-4-2-3-12-10(15)13-7/h5H,2-4,6H2,1H3,(H2,11,16)(H,12,13).